The van der Waals surface area contributed by atoms with E-state index in [-0.39, 0.29) is 5.84 Å². The van der Waals surface area contributed by atoms with Gasteiger partial charge in [-0.25, -0.2) is 9.97 Å². The van der Waals surface area contributed by atoms with E-state index in [2.05, 4.69) is 24.9 Å². The number of hydrogen-bond donors (Lipinski definition) is 2. The summed E-state index contributed by atoms with van der Waals surface area (Å²) in [6.07, 6.45) is 6.82. The fourth-order valence-electron chi connectivity index (χ4n) is 3.19. The number of anilines is 1. The fourth-order valence-corrected chi connectivity index (χ4v) is 3.19. The van der Waals surface area contributed by atoms with Crippen LogP contribution < -0.4 is 10.6 Å². The fraction of sp³-hybridized carbons (Fsp3) is 0.615. The monoisotopic (exact) mass is 276 g/mol. The molecule has 0 aliphatic carbocycles. The summed E-state index contributed by atoms with van der Waals surface area (Å²) < 4.78 is 0. The van der Waals surface area contributed by atoms with E-state index in [1.165, 1.54) is 19.4 Å². The van der Waals surface area contributed by atoms with Crippen LogP contribution in [0.5, 0.6) is 0 Å². The van der Waals surface area contributed by atoms with Crippen LogP contribution in [0.4, 0.5) is 5.82 Å². The third kappa shape index (κ3) is 2.40. The highest BCUT2D eigenvalue weighted by Gasteiger charge is 2.30. The average Bonchev–Trinajstić information content (AvgIpc) is 2.83. The highest BCUT2D eigenvalue weighted by molar-refractivity contribution is 5.99. The molecule has 108 valence electrons. The molecule has 0 aromatic carbocycles. The second-order valence-electron chi connectivity index (χ2n) is 5.35. The van der Waals surface area contributed by atoms with Crippen molar-refractivity contribution in [3.8, 4) is 0 Å². The van der Waals surface area contributed by atoms with E-state index in [4.69, 9.17) is 10.9 Å². The SMILES string of the molecule is NC(=NO)c1nccnc1N1CCCN2CCCC2C1. The largest absolute Gasteiger partial charge is 0.409 e. The van der Waals surface area contributed by atoms with Gasteiger partial charge < -0.3 is 15.8 Å². The lowest BCUT2D eigenvalue weighted by Gasteiger charge is -2.27. The van der Waals surface area contributed by atoms with Gasteiger partial charge in [-0.15, -0.1) is 0 Å². The smallest absolute Gasteiger partial charge is 0.192 e. The van der Waals surface area contributed by atoms with Crippen LogP contribution in [0.1, 0.15) is 25.0 Å². The number of aromatic nitrogens is 2. The Hall–Kier alpha value is -1.89. The van der Waals surface area contributed by atoms with Gasteiger partial charge in [0.05, 0.1) is 0 Å². The molecule has 3 rings (SSSR count). The molecule has 0 radical (unpaired) electrons. The molecule has 1 aromatic rings. The Morgan fingerprint density at radius 3 is 2.90 bits per heavy atom. The van der Waals surface area contributed by atoms with Crippen LogP contribution in [0, 0.1) is 0 Å². The molecule has 0 amide bonds. The van der Waals surface area contributed by atoms with Gasteiger partial charge in [0.15, 0.2) is 17.3 Å². The van der Waals surface area contributed by atoms with Crippen molar-refractivity contribution in [3.63, 3.8) is 0 Å². The molecule has 2 aliphatic rings. The Balaban J connectivity index is 1.88. The Kier molecular flexibility index (Phi) is 3.68. The first-order valence-corrected chi connectivity index (χ1v) is 7.07. The molecular weight excluding hydrogens is 256 g/mol. The topological polar surface area (TPSA) is 90.9 Å². The van der Waals surface area contributed by atoms with Crippen molar-refractivity contribution in [2.24, 2.45) is 10.9 Å². The first-order valence-electron chi connectivity index (χ1n) is 7.07. The Morgan fingerprint density at radius 1 is 1.25 bits per heavy atom. The van der Waals surface area contributed by atoms with Gasteiger partial charge in [0.2, 0.25) is 0 Å². The molecule has 3 N–H and O–H groups in total. The van der Waals surface area contributed by atoms with Crippen molar-refractivity contribution in [2.45, 2.75) is 25.3 Å². The minimum Gasteiger partial charge on any atom is -0.409 e. The summed E-state index contributed by atoms with van der Waals surface area (Å²) in [7, 11) is 0. The van der Waals surface area contributed by atoms with Crippen LogP contribution in [-0.4, -0.2) is 58.1 Å². The van der Waals surface area contributed by atoms with E-state index >= 15 is 0 Å². The predicted molar refractivity (Wildman–Crippen MR) is 76.0 cm³/mol. The van der Waals surface area contributed by atoms with Crippen molar-refractivity contribution in [1.29, 1.82) is 0 Å². The van der Waals surface area contributed by atoms with Gasteiger partial charge in [0, 0.05) is 38.1 Å². The van der Waals surface area contributed by atoms with Gasteiger partial charge in [-0.05, 0) is 25.8 Å². The van der Waals surface area contributed by atoms with Gasteiger partial charge >= 0.3 is 0 Å². The third-order valence-corrected chi connectivity index (χ3v) is 4.13. The Morgan fingerprint density at radius 2 is 2.05 bits per heavy atom. The summed E-state index contributed by atoms with van der Waals surface area (Å²) in [5.41, 5.74) is 6.17. The molecular formula is C13H20N6O. The van der Waals surface area contributed by atoms with E-state index in [1.54, 1.807) is 12.4 Å². The highest BCUT2D eigenvalue weighted by Crippen LogP contribution is 2.25. The molecule has 0 bridgehead atoms. The van der Waals surface area contributed by atoms with Crippen LogP contribution in [0.3, 0.4) is 0 Å². The summed E-state index contributed by atoms with van der Waals surface area (Å²) in [6, 6.07) is 0.583. The Labute approximate surface area is 118 Å². The molecule has 1 unspecified atom stereocenters. The minimum atomic E-state index is 0.0145. The van der Waals surface area contributed by atoms with Crippen LogP contribution in [0.15, 0.2) is 17.5 Å². The van der Waals surface area contributed by atoms with Gasteiger partial charge in [0.25, 0.3) is 0 Å². The molecule has 2 fully saturated rings. The summed E-state index contributed by atoms with van der Waals surface area (Å²) in [5, 5.41) is 11.9. The molecule has 7 nitrogen and oxygen atoms in total. The van der Waals surface area contributed by atoms with E-state index in [9.17, 15) is 0 Å². The molecule has 2 saturated heterocycles. The molecule has 2 aliphatic heterocycles. The van der Waals surface area contributed by atoms with E-state index in [0.717, 1.165) is 31.9 Å². The number of rotatable bonds is 2. The quantitative estimate of drug-likeness (QED) is 0.348. The normalized spacial score (nSPS) is 24.5. The standard InChI is InChI=1S/C13H20N6O/c14-12(17-20)11-13(16-5-4-15-11)19-8-2-7-18-6-1-3-10(18)9-19/h4-5,10,20H,1-3,6-9H2,(H2,14,17). The maximum atomic E-state index is 8.89. The lowest BCUT2D eigenvalue weighted by atomic mass is 10.2. The van der Waals surface area contributed by atoms with Crippen LogP contribution in [0.25, 0.3) is 0 Å². The number of nitrogens with two attached hydrogens (primary N) is 1. The zero-order valence-electron chi connectivity index (χ0n) is 11.4. The molecule has 0 saturated carbocycles. The summed E-state index contributed by atoms with van der Waals surface area (Å²) in [5.74, 6) is 0.733. The zero-order chi connectivity index (χ0) is 13.9. The minimum absolute atomic E-state index is 0.0145. The molecule has 1 aromatic heterocycles. The molecule has 0 spiro atoms. The van der Waals surface area contributed by atoms with E-state index in [1.807, 2.05) is 0 Å². The highest BCUT2D eigenvalue weighted by atomic mass is 16.4. The lowest BCUT2D eigenvalue weighted by molar-refractivity contribution is 0.273. The van der Waals surface area contributed by atoms with E-state index < -0.39 is 0 Å². The molecule has 20 heavy (non-hydrogen) atoms. The average molecular weight is 276 g/mol. The number of hydrogen-bond acceptors (Lipinski definition) is 6. The third-order valence-electron chi connectivity index (χ3n) is 4.13. The van der Waals surface area contributed by atoms with Crippen LogP contribution in [0.2, 0.25) is 0 Å². The molecule has 7 heteroatoms. The summed E-state index contributed by atoms with van der Waals surface area (Å²) >= 11 is 0. The molecule has 3 heterocycles. The Bertz CT molecular complexity index is 505. The predicted octanol–water partition coefficient (Wildman–Crippen LogP) is 0.246. The summed E-state index contributed by atoms with van der Waals surface area (Å²) in [6.45, 7) is 4.20. The van der Waals surface area contributed by atoms with Crippen molar-refractivity contribution in [3.05, 3.63) is 18.1 Å². The van der Waals surface area contributed by atoms with Crippen molar-refractivity contribution < 1.29 is 5.21 Å². The van der Waals surface area contributed by atoms with Crippen molar-refractivity contribution in [1.82, 2.24) is 14.9 Å². The number of amidine groups is 1. The first-order chi connectivity index (χ1) is 9.79. The van der Waals surface area contributed by atoms with Gasteiger partial charge in [-0.2, -0.15) is 0 Å². The van der Waals surface area contributed by atoms with E-state index in [0.29, 0.717) is 11.7 Å². The van der Waals surface area contributed by atoms with Crippen LogP contribution in [-0.2, 0) is 0 Å². The number of nitrogens with zero attached hydrogens (tertiary/aromatic N) is 5. The maximum Gasteiger partial charge on any atom is 0.192 e. The zero-order valence-corrected chi connectivity index (χ0v) is 11.4. The lowest BCUT2D eigenvalue weighted by Crippen LogP contribution is -2.38. The molecule has 1 atom stereocenters. The first kappa shape index (κ1) is 13.1. The van der Waals surface area contributed by atoms with Gasteiger partial charge in [-0.3, -0.25) is 4.90 Å². The second-order valence-corrected chi connectivity index (χ2v) is 5.35. The summed E-state index contributed by atoms with van der Waals surface area (Å²) in [4.78, 5) is 13.4. The second kappa shape index (κ2) is 5.62. The van der Waals surface area contributed by atoms with Gasteiger partial charge in [-0.1, -0.05) is 5.16 Å². The number of oxime groups is 1. The van der Waals surface area contributed by atoms with Gasteiger partial charge in [0.1, 0.15) is 0 Å². The van der Waals surface area contributed by atoms with Crippen LogP contribution >= 0.6 is 0 Å². The van der Waals surface area contributed by atoms with Crippen molar-refractivity contribution in [2.75, 3.05) is 31.1 Å². The maximum absolute atomic E-state index is 8.89. The van der Waals surface area contributed by atoms with Crippen molar-refractivity contribution >= 4 is 11.7 Å². The number of fused-ring (bicyclic) bond motifs is 1.